The molecular formula is C38H66O2. The fourth-order valence-corrected chi connectivity index (χ4v) is 4.02. The van der Waals surface area contributed by atoms with E-state index in [4.69, 9.17) is 4.74 Å². The van der Waals surface area contributed by atoms with Gasteiger partial charge in [0, 0.05) is 0 Å². The third kappa shape index (κ3) is 24.9. The summed E-state index contributed by atoms with van der Waals surface area (Å²) in [6, 6.07) is 8.29. The van der Waals surface area contributed by atoms with Gasteiger partial charge in [-0.1, -0.05) is 170 Å². The van der Waals surface area contributed by atoms with Crippen LogP contribution < -0.4 is 0 Å². The van der Waals surface area contributed by atoms with E-state index >= 15 is 0 Å². The fraction of sp³-hybridized carbons (Fsp3) is 0.658. The van der Waals surface area contributed by atoms with Crippen LogP contribution in [0.5, 0.6) is 0 Å². The Morgan fingerprint density at radius 1 is 0.700 bits per heavy atom. The quantitative estimate of drug-likeness (QED) is 0.130. The summed E-state index contributed by atoms with van der Waals surface area (Å²) in [5.41, 5.74) is 3.50. The van der Waals surface area contributed by atoms with Crippen molar-refractivity contribution in [1.29, 1.82) is 0 Å². The molecule has 40 heavy (non-hydrogen) atoms. The molecule has 0 aromatic heterocycles. The number of hydrogen-bond donors (Lipinski definition) is 0. The predicted octanol–water partition coefficient (Wildman–Crippen LogP) is 12.1. The second-order valence-corrected chi connectivity index (χ2v) is 13.1. The van der Waals surface area contributed by atoms with Crippen molar-refractivity contribution in [2.45, 2.75) is 128 Å². The number of benzene rings is 1. The summed E-state index contributed by atoms with van der Waals surface area (Å²) in [5.74, 6) is 3.77. The van der Waals surface area contributed by atoms with E-state index in [9.17, 15) is 4.79 Å². The molecule has 0 saturated heterocycles. The van der Waals surface area contributed by atoms with Crippen LogP contribution in [-0.4, -0.2) is 13.1 Å². The van der Waals surface area contributed by atoms with Gasteiger partial charge < -0.3 is 4.74 Å². The smallest absolute Gasteiger partial charge is 0.309 e. The number of unbranched alkanes of at least 4 members (excludes halogenated alkanes) is 2. The number of hydrogen-bond acceptors (Lipinski definition) is 2. The maximum Gasteiger partial charge on any atom is 0.309 e. The van der Waals surface area contributed by atoms with Gasteiger partial charge in [0.2, 0.25) is 0 Å². The summed E-state index contributed by atoms with van der Waals surface area (Å²) >= 11 is 0. The lowest BCUT2D eigenvalue weighted by Crippen LogP contribution is -2.05. The van der Waals surface area contributed by atoms with E-state index in [2.05, 4.69) is 126 Å². The Hall–Kier alpha value is -2.09. The maximum atomic E-state index is 11.6. The Morgan fingerprint density at radius 2 is 1.18 bits per heavy atom. The zero-order valence-corrected chi connectivity index (χ0v) is 28.7. The van der Waals surface area contributed by atoms with Crippen LogP contribution in [0.2, 0.25) is 0 Å². The average Bonchev–Trinajstić information content (AvgIpc) is 2.86. The van der Waals surface area contributed by atoms with E-state index in [1.54, 1.807) is 0 Å². The van der Waals surface area contributed by atoms with Crippen molar-refractivity contribution in [3.8, 4) is 0 Å². The Morgan fingerprint density at radius 3 is 1.55 bits per heavy atom. The summed E-state index contributed by atoms with van der Waals surface area (Å²) < 4.78 is 4.80. The molecule has 0 aliphatic heterocycles. The first-order chi connectivity index (χ1) is 18.7. The van der Waals surface area contributed by atoms with Crippen LogP contribution in [-0.2, 0) is 9.53 Å². The molecule has 1 rings (SSSR count). The second-order valence-electron chi connectivity index (χ2n) is 13.1. The number of methoxy groups -OCH3 is 1. The standard InChI is InChI=1S/C17H24O2.C11H24.C10H18/c1-12(2)10-14(11-17(18)19-5)16-9-7-6-8-15(16)13(3)4;1-10(2)8-6-5-7-9-11(3)4;1-9(2)7-5-6-8-10(3)4/h6-10,12-13H,11H2,1-5H3;10-11H,5-9H2,1-4H3;5-10H,1-4H3/b14-10-;;7-5-,8-6-. The first kappa shape index (κ1) is 40.1. The SMILES string of the molecule is CC(C)/C=C\C=C/C(C)C.CC(C)CCCCCC(C)C.COC(=O)C/C(=C/C(C)C)c1ccccc1C(C)C. The third-order valence-corrected chi connectivity index (χ3v) is 6.19. The van der Waals surface area contributed by atoms with Crippen molar-refractivity contribution in [2.75, 3.05) is 7.11 Å². The molecule has 1 aromatic rings. The van der Waals surface area contributed by atoms with Crippen LogP contribution in [0.3, 0.4) is 0 Å². The number of allylic oxidation sites excluding steroid dienone is 5. The second kappa shape index (κ2) is 24.7. The molecule has 2 heteroatoms. The van der Waals surface area contributed by atoms with Gasteiger partial charge in [-0.25, -0.2) is 0 Å². The summed E-state index contributed by atoms with van der Waals surface area (Å²) in [5, 5.41) is 0. The van der Waals surface area contributed by atoms with Gasteiger partial charge in [0.05, 0.1) is 13.5 Å². The number of carbonyl (C=O) groups excluding carboxylic acids is 1. The molecular weight excluding hydrogens is 488 g/mol. The molecule has 0 aliphatic carbocycles. The van der Waals surface area contributed by atoms with Gasteiger partial charge in [-0.2, -0.15) is 0 Å². The highest BCUT2D eigenvalue weighted by atomic mass is 16.5. The van der Waals surface area contributed by atoms with Crippen LogP contribution >= 0.6 is 0 Å². The van der Waals surface area contributed by atoms with Crippen LogP contribution in [0.4, 0.5) is 0 Å². The van der Waals surface area contributed by atoms with Crippen LogP contribution in [0.15, 0.2) is 54.6 Å². The molecule has 0 unspecified atom stereocenters. The van der Waals surface area contributed by atoms with E-state index in [0.717, 1.165) is 23.0 Å². The number of rotatable bonds is 14. The highest BCUT2D eigenvalue weighted by Crippen LogP contribution is 2.29. The highest BCUT2D eigenvalue weighted by Gasteiger charge is 2.14. The van der Waals surface area contributed by atoms with Crippen molar-refractivity contribution in [3.63, 3.8) is 0 Å². The topological polar surface area (TPSA) is 26.3 Å². The lowest BCUT2D eigenvalue weighted by Gasteiger charge is -2.16. The molecule has 0 fully saturated rings. The molecule has 230 valence electrons. The molecule has 0 heterocycles. The third-order valence-electron chi connectivity index (χ3n) is 6.19. The monoisotopic (exact) mass is 555 g/mol. The van der Waals surface area contributed by atoms with Crippen molar-refractivity contribution in [2.24, 2.45) is 29.6 Å². The Labute approximate surface area is 250 Å². The maximum absolute atomic E-state index is 11.6. The van der Waals surface area contributed by atoms with Gasteiger partial charge in [-0.15, -0.1) is 0 Å². The molecule has 0 bridgehead atoms. The molecule has 0 radical (unpaired) electrons. The van der Waals surface area contributed by atoms with Crippen LogP contribution in [0.25, 0.3) is 5.57 Å². The average molecular weight is 555 g/mol. The van der Waals surface area contributed by atoms with Gasteiger partial charge in [-0.3, -0.25) is 4.79 Å². The van der Waals surface area contributed by atoms with E-state index < -0.39 is 0 Å². The van der Waals surface area contributed by atoms with E-state index in [1.807, 2.05) is 12.1 Å². The number of esters is 1. The van der Waals surface area contributed by atoms with Crippen molar-refractivity contribution in [3.05, 3.63) is 65.8 Å². The fourth-order valence-electron chi connectivity index (χ4n) is 4.02. The van der Waals surface area contributed by atoms with Crippen LogP contribution in [0, 0.1) is 29.6 Å². The zero-order valence-electron chi connectivity index (χ0n) is 28.7. The van der Waals surface area contributed by atoms with Crippen molar-refractivity contribution in [1.82, 2.24) is 0 Å². The molecule has 0 saturated carbocycles. The van der Waals surface area contributed by atoms with Gasteiger partial charge in [0.25, 0.3) is 0 Å². The van der Waals surface area contributed by atoms with E-state index in [-0.39, 0.29) is 5.97 Å². The summed E-state index contributed by atoms with van der Waals surface area (Å²) in [6.45, 7) is 26.5. The zero-order chi connectivity index (χ0) is 31.1. The molecule has 1 aromatic carbocycles. The molecule has 0 spiro atoms. The Kier molecular flexibility index (Phi) is 24.7. The Bertz CT molecular complexity index is 809. The minimum absolute atomic E-state index is 0.189. The van der Waals surface area contributed by atoms with Gasteiger partial charge >= 0.3 is 5.97 Å². The molecule has 0 N–H and O–H groups in total. The molecule has 0 amide bonds. The van der Waals surface area contributed by atoms with Crippen LogP contribution in [0.1, 0.15) is 139 Å². The lowest BCUT2D eigenvalue weighted by atomic mass is 9.89. The minimum Gasteiger partial charge on any atom is -0.469 e. The normalized spacial score (nSPS) is 12.1. The van der Waals surface area contributed by atoms with Gasteiger partial charge in [0.15, 0.2) is 0 Å². The molecule has 2 nitrogen and oxygen atoms in total. The van der Waals surface area contributed by atoms with E-state index in [1.165, 1.54) is 44.8 Å². The minimum atomic E-state index is -0.189. The number of ether oxygens (including phenoxy) is 1. The Balaban J connectivity index is 0. The largest absolute Gasteiger partial charge is 0.469 e. The first-order valence-electron chi connectivity index (χ1n) is 15.9. The summed E-state index contributed by atoms with van der Waals surface area (Å²) in [7, 11) is 1.43. The predicted molar refractivity (Wildman–Crippen MR) is 181 cm³/mol. The van der Waals surface area contributed by atoms with Crippen molar-refractivity contribution >= 4 is 11.5 Å². The summed E-state index contributed by atoms with van der Waals surface area (Å²) in [6.07, 6.45) is 18.2. The first-order valence-corrected chi connectivity index (χ1v) is 15.9. The lowest BCUT2D eigenvalue weighted by molar-refractivity contribution is -0.139. The number of carbonyl (C=O) groups is 1. The van der Waals surface area contributed by atoms with E-state index in [0.29, 0.717) is 30.1 Å². The van der Waals surface area contributed by atoms with Gasteiger partial charge in [0.1, 0.15) is 0 Å². The van der Waals surface area contributed by atoms with Crippen molar-refractivity contribution < 1.29 is 9.53 Å². The highest BCUT2D eigenvalue weighted by molar-refractivity contribution is 5.86. The summed E-state index contributed by atoms with van der Waals surface area (Å²) in [4.78, 5) is 11.6. The molecule has 0 aliphatic rings. The van der Waals surface area contributed by atoms with Gasteiger partial charge in [-0.05, 0) is 52.2 Å². The molecule has 0 atom stereocenters.